The molecule has 0 fully saturated rings. The van der Waals surface area contributed by atoms with Gasteiger partial charge in [0.15, 0.2) is 11.9 Å². The van der Waals surface area contributed by atoms with Crippen LogP contribution in [0.1, 0.15) is 114 Å². The lowest BCUT2D eigenvalue weighted by molar-refractivity contribution is -0.704. The van der Waals surface area contributed by atoms with Crippen molar-refractivity contribution >= 4 is 23.4 Å². The predicted octanol–water partition coefficient (Wildman–Crippen LogP) is 4.96. The van der Waals surface area contributed by atoms with Gasteiger partial charge in [0.25, 0.3) is 5.91 Å². The lowest BCUT2D eigenvalue weighted by Gasteiger charge is -2.19. The van der Waals surface area contributed by atoms with Gasteiger partial charge in [0.2, 0.25) is 5.91 Å². The van der Waals surface area contributed by atoms with Gasteiger partial charge in [-0.25, -0.2) is 4.57 Å². The average Bonchev–Trinajstić information content (AvgIpc) is 2.91. The smallest absolute Gasteiger partial charge is 0.260 e. The van der Waals surface area contributed by atoms with Gasteiger partial charge in [0.1, 0.15) is 12.3 Å². The molecule has 2 amide bonds. The van der Waals surface area contributed by atoms with Crippen molar-refractivity contribution < 1.29 is 42.9 Å². The number of hydrogen-bond donors (Lipinski definition) is 0. The maximum Gasteiger partial charge on any atom is 0.260 e. The number of nitrogens with zero attached hydrogens (tertiary/aromatic N) is 2. The average molecular weight is 671 g/mol. The topological polar surface area (TPSA) is 50.5 Å². The van der Waals surface area contributed by atoms with Gasteiger partial charge in [0.05, 0.1) is 11.6 Å². The van der Waals surface area contributed by atoms with E-state index in [0.29, 0.717) is 35.9 Å². The number of aryl methyl sites for hydroxylation is 2. The Hall–Kier alpha value is -1.67. The summed E-state index contributed by atoms with van der Waals surface area (Å²) in [5.74, 6) is -0.00452. The number of rotatable bonds is 19. The molecule has 1 heterocycles. The Morgan fingerprint density at radius 3 is 2.15 bits per heavy atom. The lowest BCUT2D eigenvalue weighted by Crippen LogP contribution is -3.00. The highest BCUT2D eigenvalue weighted by atomic mass is 127. The Morgan fingerprint density at radius 1 is 0.872 bits per heavy atom. The first-order valence-corrected chi connectivity index (χ1v) is 15.1. The SMILES string of the molecule is CCCCCCCCCCCCOc1ccc(C(=O)N(CCCc2cccc[n+]2CCC)C(C)=O)cc1Cl.[I-]. The number of aromatic nitrogens is 1. The zero-order valence-electron chi connectivity index (χ0n) is 24.2. The molecule has 1 aromatic carbocycles. The molecule has 0 saturated carbocycles. The number of benzene rings is 1. The molecule has 5 nitrogen and oxygen atoms in total. The molecular weight excluding hydrogens is 623 g/mol. The summed E-state index contributed by atoms with van der Waals surface area (Å²) in [5, 5.41) is 0.399. The van der Waals surface area contributed by atoms with E-state index in [4.69, 9.17) is 16.3 Å². The molecule has 0 atom stereocenters. The number of imide groups is 1. The summed E-state index contributed by atoms with van der Waals surface area (Å²) in [6.07, 6.45) is 17.4. The predicted molar refractivity (Wildman–Crippen MR) is 156 cm³/mol. The van der Waals surface area contributed by atoms with Gasteiger partial charge in [-0.3, -0.25) is 14.5 Å². The number of carbonyl (C=O) groups excluding carboxylic acids is 2. The minimum absolute atomic E-state index is 0. The fourth-order valence-corrected chi connectivity index (χ4v) is 4.93. The summed E-state index contributed by atoms with van der Waals surface area (Å²) in [7, 11) is 0. The number of carbonyl (C=O) groups is 2. The van der Waals surface area contributed by atoms with Crippen LogP contribution in [0.15, 0.2) is 42.6 Å². The molecule has 0 aliphatic rings. The first-order valence-electron chi connectivity index (χ1n) is 14.7. The van der Waals surface area contributed by atoms with Gasteiger partial charge in [-0.2, -0.15) is 0 Å². The molecule has 0 saturated heterocycles. The Bertz CT molecular complexity index is 986. The second-order valence-electron chi connectivity index (χ2n) is 10.1. The fourth-order valence-electron chi connectivity index (χ4n) is 4.70. The van der Waals surface area contributed by atoms with Crippen molar-refractivity contribution in [2.75, 3.05) is 13.2 Å². The van der Waals surface area contributed by atoms with E-state index < -0.39 is 0 Å². The molecule has 0 bridgehead atoms. The number of amides is 2. The third-order valence-electron chi connectivity index (χ3n) is 6.87. The molecule has 2 aromatic rings. The lowest BCUT2D eigenvalue weighted by atomic mass is 10.1. The van der Waals surface area contributed by atoms with Gasteiger partial charge in [-0.1, -0.05) is 89.3 Å². The number of halogens is 2. The molecule has 218 valence electrons. The highest BCUT2D eigenvalue weighted by molar-refractivity contribution is 6.32. The zero-order valence-corrected chi connectivity index (χ0v) is 27.1. The van der Waals surface area contributed by atoms with Crippen molar-refractivity contribution in [3.63, 3.8) is 0 Å². The van der Waals surface area contributed by atoms with E-state index in [9.17, 15) is 9.59 Å². The van der Waals surface area contributed by atoms with Crippen LogP contribution in [0.2, 0.25) is 5.02 Å². The van der Waals surface area contributed by atoms with Crippen LogP contribution in [0.5, 0.6) is 5.75 Å². The highest BCUT2D eigenvalue weighted by Gasteiger charge is 2.21. The summed E-state index contributed by atoms with van der Waals surface area (Å²) < 4.78 is 8.10. The van der Waals surface area contributed by atoms with Crippen LogP contribution in [-0.4, -0.2) is 29.9 Å². The third kappa shape index (κ3) is 13.5. The molecule has 2 rings (SSSR count). The Kier molecular flexibility index (Phi) is 19.2. The van der Waals surface area contributed by atoms with Crippen LogP contribution in [0.25, 0.3) is 0 Å². The number of ether oxygens (including phenoxy) is 1. The molecule has 39 heavy (non-hydrogen) atoms. The van der Waals surface area contributed by atoms with Crippen molar-refractivity contribution in [2.24, 2.45) is 0 Å². The van der Waals surface area contributed by atoms with E-state index in [2.05, 4.69) is 30.7 Å². The van der Waals surface area contributed by atoms with Crippen LogP contribution in [0.4, 0.5) is 0 Å². The largest absolute Gasteiger partial charge is 1.00 e. The van der Waals surface area contributed by atoms with E-state index >= 15 is 0 Å². The molecular formula is C32H48ClIN2O3. The standard InChI is InChI=1S/C32H48ClN2O3.HI/c1-4-6-7-8-9-10-11-12-13-16-25-38-31-21-20-28(26-30(31)33)32(37)35(27(3)36)24-17-19-29-18-14-15-23-34(29)22-5-2;/h14-15,18,20-21,23,26H,4-13,16-17,19,22,24-25H2,1-3H3;1H/q+1;/p-1. The molecule has 0 unspecified atom stereocenters. The molecule has 7 heteroatoms. The summed E-state index contributed by atoms with van der Waals surface area (Å²) >= 11 is 6.44. The molecule has 0 N–H and O–H groups in total. The van der Waals surface area contributed by atoms with Crippen LogP contribution >= 0.6 is 11.6 Å². The number of unbranched alkanes of at least 4 members (excludes halogenated alkanes) is 9. The Balaban J connectivity index is 0.00000760. The van der Waals surface area contributed by atoms with E-state index in [1.165, 1.54) is 68.9 Å². The molecule has 0 aliphatic carbocycles. The molecule has 1 aromatic heterocycles. The molecule has 0 aliphatic heterocycles. The maximum absolute atomic E-state index is 13.1. The normalized spacial score (nSPS) is 10.7. The Labute approximate surface area is 258 Å². The van der Waals surface area contributed by atoms with Gasteiger partial charge >= 0.3 is 0 Å². The second-order valence-corrected chi connectivity index (χ2v) is 10.5. The second kappa shape index (κ2) is 21.1. The first-order chi connectivity index (χ1) is 18.5. The van der Waals surface area contributed by atoms with E-state index in [1.54, 1.807) is 18.2 Å². The van der Waals surface area contributed by atoms with Crippen LogP contribution in [-0.2, 0) is 17.8 Å². The minimum Gasteiger partial charge on any atom is -1.00 e. The summed E-state index contributed by atoms with van der Waals surface area (Å²) in [4.78, 5) is 26.7. The minimum atomic E-state index is -0.324. The van der Waals surface area contributed by atoms with E-state index in [-0.39, 0.29) is 35.8 Å². The summed E-state index contributed by atoms with van der Waals surface area (Å²) in [6.45, 7) is 7.77. The first kappa shape index (κ1) is 35.4. The maximum atomic E-state index is 13.1. The van der Waals surface area contributed by atoms with Crippen molar-refractivity contribution in [1.82, 2.24) is 4.90 Å². The van der Waals surface area contributed by atoms with Crippen LogP contribution in [0, 0.1) is 0 Å². The van der Waals surface area contributed by atoms with Crippen LogP contribution < -0.4 is 33.3 Å². The molecule has 0 spiro atoms. The van der Waals surface area contributed by atoms with Crippen molar-refractivity contribution in [2.45, 2.75) is 111 Å². The zero-order chi connectivity index (χ0) is 27.6. The number of pyridine rings is 1. The molecule has 0 radical (unpaired) electrons. The van der Waals surface area contributed by atoms with Gasteiger partial charge in [-0.15, -0.1) is 0 Å². The van der Waals surface area contributed by atoms with Crippen molar-refractivity contribution in [1.29, 1.82) is 0 Å². The van der Waals surface area contributed by atoms with Crippen molar-refractivity contribution in [3.05, 3.63) is 58.9 Å². The van der Waals surface area contributed by atoms with Gasteiger partial charge < -0.3 is 28.7 Å². The third-order valence-corrected chi connectivity index (χ3v) is 7.17. The van der Waals surface area contributed by atoms with E-state index in [1.807, 2.05) is 12.1 Å². The Morgan fingerprint density at radius 2 is 1.54 bits per heavy atom. The van der Waals surface area contributed by atoms with E-state index in [0.717, 1.165) is 32.2 Å². The monoisotopic (exact) mass is 670 g/mol. The summed E-state index contributed by atoms with van der Waals surface area (Å²) in [5.41, 5.74) is 1.61. The number of hydrogen-bond acceptors (Lipinski definition) is 3. The van der Waals surface area contributed by atoms with Crippen molar-refractivity contribution in [3.8, 4) is 5.75 Å². The van der Waals surface area contributed by atoms with Crippen LogP contribution in [0.3, 0.4) is 0 Å². The summed E-state index contributed by atoms with van der Waals surface area (Å²) in [6, 6.07) is 11.2. The fraction of sp³-hybridized carbons (Fsp3) is 0.594. The quantitative estimate of drug-likeness (QED) is 0.121. The van der Waals surface area contributed by atoms with Gasteiger partial charge in [0, 0.05) is 44.0 Å². The van der Waals surface area contributed by atoms with Gasteiger partial charge in [-0.05, 0) is 31.0 Å². The highest BCUT2D eigenvalue weighted by Crippen LogP contribution is 2.26.